The van der Waals surface area contributed by atoms with E-state index < -0.39 is 5.97 Å². The van der Waals surface area contributed by atoms with Crippen LogP contribution in [0.2, 0.25) is 0 Å². The Bertz CT molecular complexity index is 633. The average Bonchev–Trinajstić information content (AvgIpc) is 3.04. The summed E-state index contributed by atoms with van der Waals surface area (Å²) in [6.07, 6.45) is 5.63. The first kappa shape index (κ1) is 13.8. The molecule has 0 atom stereocenters. The molecule has 1 saturated heterocycles. The summed E-state index contributed by atoms with van der Waals surface area (Å²) in [7, 11) is 1.35. The van der Waals surface area contributed by atoms with Gasteiger partial charge in [0, 0.05) is 31.6 Å². The molecule has 3 heterocycles. The highest BCUT2D eigenvalue weighted by Gasteiger charge is 2.20. The molecule has 1 aliphatic heterocycles. The van der Waals surface area contributed by atoms with Crippen LogP contribution in [0.5, 0.6) is 0 Å². The smallest absolute Gasteiger partial charge is 0.356 e. The Balaban J connectivity index is 1.94. The lowest BCUT2D eigenvalue weighted by molar-refractivity contribution is 0.0594. The lowest BCUT2D eigenvalue weighted by Crippen LogP contribution is -2.20. The van der Waals surface area contributed by atoms with E-state index in [2.05, 4.69) is 14.5 Å². The Kier molecular flexibility index (Phi) is 3.96. The number of nitrogens with zero attached hydrogens (tertiary/aromatic N) is 3. The number of carbonyl (C=O) groups excluding carboxylic acids is 1. The van der Waals surface area contributed by atoms with Crippen molar-refractivity contribution in [1.29, 1.82) is 0 Å². The number of ether oxygens (including phenoxy) is 2. The van der Waals surface area contributed by atoms with Gasteiger partial charge < -0.3 is 14.0 Å². The van der Waals surface area contributed by atoms with Gasteiger partial charge in [-0.05, 0) is 25.0 Å². The topological polar surface area (TPSA) is 66.2 Å². The van der Waals surface area contributed by atoms with E-state index in [1.807, 2.05) is 12.3 Å². The molecule has 0 aliphatic carbocycles. The summed E-state index contributed by atoms with van der Waals surface area (Å²) in [4.78, 5) is 20.3. The highest BCUT2D eigenvalue weighted by molar-refractivity contribution is 5.87. The van der Waals surface area contributed by atoms with Gasteiger partial charge in [0.15, 0.2) is 5.82 Å². The van der Waals surface area contributed by atoms with E-state index in [4.69, 9.17) is 9.47 Å². The molecule has 2 aromatic rings. The third-order valence-electron chi connectivity index (χ3n) is 3.63. The summed E-state index contributed by atoms with van der Waals surface area (Å²) < 4.78 is 12.2. The lowest BCUT2D eigenvalue weighted by Gasteiger charge is -2.24. The Labute approximate surface area is 122 Å². The standard InChI is InChI=1S/C15H17N3O3/c1-20-15(19)13-4-2-3-12(17-13)14-16-7-8-18(14)11-5-9-21-10-6-11/h2-4,7-8,11H,5-6,9-10H2,1H3. The van der Waals surface area contributed by atoms with Crippen LogP contribution in [0.15, 0.2) is 30.6 Å². The number of methoxy groups -OCH3 is 1. The van der Waals surface area contributed by atoms with Crippen LogP contribution >= 0.6 is 0 Å². The Hall–Kier alpha value is -2.21. The van der Waals surface area contributed by atoms with Crippen molar-refractivity contribution >= 4 is 5.97 Å². The molecule has 0 radical (unpaired) electrons. The van der Waals surface area contributed by atoms with E-state index in [9.17, 15) is 4.79 Å². The molecule has 0 aromatic carbocycles. The minimum absolute atomic E-state index is 0.288. The first-order valence-corrected chi connectivity index (χ1v) is 6.96. The van der Waals surface area contributed by atoms with Gasteiger partial charge >= 0.3 is 5.97 Å². The second-order valence-corrected chi connectivity index (χ2v) is 4.90. The molecular formula is C15H17N3O3. The zero-order valence-corrected chi connectivity index (χ0v) is 11.9. The molecule has 6 nitrogen and oxygen atoms in total. The molecule has 1 fully saturated rings. The molecule has 0 amide bonds. The number of hydrogen-bond acceptors (Lipinski definition) is 5. The maximum absolute atomic E-state index is 11.6. The summed E-state index contributed by atoms with van der Waals surface area (Å²) in [5.74, 6) is 0.327. The van der Waals surface area contributed by atoms with Crippen molar-refractivity contribution in [3.8, 4) is 11.5 Å². The van der Waals surface area contributed by atoms with Crippen molar-refractivity contribution in [3.05, 3.63) is 36.3 Å². The highest BCUT2D eigenvalue weighted by atomic mass is 16.5. The molecule has 6 heteroatoms. The predicted octanol–water partition coefficient (Wildman–Crippen LogP) is 2.08. The summed E-state index contributed by atoms with van der Waals surface area (Å²) >= 11 is 0. The van der Waals surface area contributed by atoms with E-state index in [1.165, 1.54) is 7.11 Å². The maximum Gasteiger partial charge on any atom is 0.356 e. The van der Waals surface area contributed by atoms with Gasteiger partial charge in [-0.2, -0.15) is 0 Å². The van der Waals surface area contributed by atoms with Crippen LogP contribution in [0.4, 0.5) is 0 Å². The average molecular weight is 287 g/mol. The first-order valence-electron chi connectivity index (χ1n) is 6.96. The van der Waals surface area contributed by atoms with Gasteiger partial charge in [0.25, 0.3) is 0 Å². The second-order valence-electron chi connectivity index (χ2n) is 4.90. The fourth-order valence-electron chi connectivity index (χ4n) is 2.55. The minimum Gasteiger partial charge on any atom is -0.464 e. The number of esters is 1. The molecule has 0 N–H and O–H groups in total. The van der Waals surface area contributed by atoms with E-state index in [-0.39, 0.29) is 5.69 Å². The van der Waals surface area contributed by atoms with Gasteiger partial charge in [-0.15, -0.1) is 0 Å². The van der Waals surface area contributed by atoms with Crippen LogP contribution in [-0.2, 0) is 9.47 Å². The lowest BCUT2D eigenvalue weighted by atomic mass is 10.1. The fraction of sp³-hybridized carbons (Fsp3) is 0.400. The molecule has 110 valence electrons. The molecule has 21 heavy (non-hydrogen) atoms. The van der Waals surface area contributed by atoms with E-state index >= 15 is 0 Å². The normalized spacial score (nSPS) is 15.9. The molecule has 1 aliphatic rings. The number of imidazole rings is 1. The second kappa shape index (κ2) is 6.05. The van der Waals surface area contributed by atoms with Crippen LogP contribution in [0, 0.1) is 0 Å². The molecular weight excluding hydrogens is 270 g/mol. The Morgan fingerprint density at radius 3 is 2.95 bits per heavy atom. The zero-order chi connectivity index (χ0) is 14.7. The first-order chi connectivity index (χ1) is 10.3. The minimum atomic E-state index is -0.443. The van der Waals surface area contributed by atoms with E-state index in [1.54, 1.807) is 18.3 Å². The Morgan fingerprint density at radius 1 is 1.38 bits per heavy atom. The zero-order valence-electron chi connectivity index (χ0n) is 11.9. The molecule has 3 rings (SSSR count). The summed E-state index contributed by atoms with van der Waals surface area (Å²) in [6.45, 7) is 1.52. The molecule has 0 unspecified atom stereocenters. The Morgan fingerprint density at radius 2 is 2.19 bits per heavy atom. The van der Waals surface area contributed by atoms with Crippen LogP contribution in [-0.4, -0.2) is 40.8 Å². The van der Waals surface area contributed by atoms with Crippen LogP contribution in [0.3, 0.4) is 0 Å². The monoisotopic (exact) mass is 287 g/mol. The summed E-state index contributed by atoms with van der Waals surface area (Å²) in [5, 5.41) is 0. The molecule has 2 aromatic heterocycles. The maximum atomic E-state index is 11.6. The molecule has 0 bridgehead atoms. The number of aromatic nitrogens is 3. The van der Waals surface area contributed by atoms with E-state index in [0.717, 1.165) is 31.9 Å². The number of carbonyl (C=O) groups is 1. The van der Waals surface area contributed by atoms with Gasteiger partial charge in [-0.25, -0.2) is 14.8 Å². The molecule has 0 spiro atoms. The van der Waals surface area contributed by atoms with Crippen LogP contribution < -0.4 is 0 Å². The van der Waals surface area contributed by atoms with Gasteiger partial charge in [-0.1, -0.05) is 6.07 Å². The summed E-state index contributed by atoms with van der Waals surface area (Å²) in [5.41, 5.74) is 0.964. The number of rotatable bonds is 3. The van der Waals surface area contributed by atoms with E-state index in [0.29, 0.717) is 11.7 Å². The van der Waals surface area contributed by atoms with Gasteiger partial charge in [-0.3, -0.25) is 0 Å². The third-order valence-corrected chi connectivity index (χ3v) is 3.63. The fourth-order valence-corrected chi connectivity index (χ4v) is 2.55. The van der Waals surface area contributed by atoms with Crippen molar-refractivity contribution < 1.29 is 14.3 Å². The number of pyridine rings is 1. The van der Waals surface area contributed by atoms with Crippen molar-refractivity contribution in [2.24, 2.45) is 0 Å². The van der Waals surface area contributed by atoms with Gasteiger partial charge in [0.05, 0.1) is 7.11 Å². The third kappa shape index (κ3) is 2.80. The quantitative estimate of drug-likeness (QED) is 0.809. The largest absolute Gasteiger partial charge is 0.464 e. The van der Waals surface area contributed by atoms with Crippen molar-refractivity contribution in [1.82, 2.24) is 14.5 Å². The van der Waals surface area contributed by atoms with Gasteiger partial charge in [0.1, 0.15) is 11.4 Å². The molecule has 0 saturated carbocycles. The summed E-state index contributed by atoms with van der Waals surface area (Å²) in [6, 6.07) is 5.64. The van der Waals surface area contributed by atoms with Crippen molar-refractivity contribution in [2.45, 2.75) is 18.9 Å². The van der Waals surface area contributed by atoms with Gasteiger partial charge in [0.2, 0.25) is 0 Å². The predicted molar refractivity (Wildman–Crippen MR) is 75.9 cm³/mol. The van der Waals surface area contributed by atoms with Crippen LogP contribution in [0.1, 0.15) is 29.4 Å². The number of hydrogen-bond donors (Lipinski definition) is 0. The van der Waals surface area contributed by atoms with Crippen molar-refractivity contribution in [3.63, 3.8) is 0 Å². The highest BCUT2D eigenvalue weighted by Crippen LogP contribution is 2.26. The SMILES string of the molecule is COC(=O)c1cccc(-c2nccn2C2CCOCC2)n1. The van der Waals surface area contributed by atoms with Crippen LogP contribution in [0.25, 0.3) is 11.5 Å². The van der Waals surface area contributed by atoms with Crippen molar-refractivity contribution in [2.75, 3.05) is 20.3 Å².